The van der Waals surface area contributed by atoms with E-state index in [1.807, 2.05) is 0 Å². The summed E-state index contributed by atoms with van der Waals surface area (Å²) in [5, 5.41) is 1.57. The highest BCUT2D eigenvalue weighted by Crippen LogP contribution is 2.54. The molecule has 0 bridgehead atoms. The van der Waals surface area contributed by atoms with Crippen LogP contribution in [0, 0.1) is 9.39 Å². The molecule has 0 spiro atoms. The molecule has 19 heteroatoms. The Balaban J connectivity index is 2.04. The van der Waals surface area contributed by atoms with Crippen molar-refractivity contribution in [2.75, 3.05) is 17.3 Å². The molecule has 0 aliphatic heterocycles. The molecule has 238 valence electrons. The molecule has 0 atom stereocenters. The highest BCUT2D eigenvalue weighted by atomic mass is 127. The van der Waals surface area contributed by atoms with Crippen LogP contribution in [0.15, 0.2) is 48.7 Å². The van der Waals surface area contributed by atoms with E-state index in [0.717, 1.165) is 66.2 Å². The zero-order valence-electron chi connectivity index (χ0n) is 21.2. The van der Waals surface area contributed by atoms with Crippen LogP contribution < -0.4 is 10.2 Å². The molecule has 5 nitrogen and oxygen atoms in total. The third-order valence-electron chi connectivity index (χ3n) is 5.96. The Bertz CT molecular complexity index is 1560. The molecule has 1 N–H and O–H groups in total. The molecule has 1 aromatic heterocycles. The number of rotatable bonds is 6. The van der Waals surface area contributed by atoms with Gasteiger partial charge in [-0.1, -0.05) is 6.07 Å². The number of halogens is 14. The van der Waals surface area contributed by atoms with Gasteiger partial charge in [0.25, 0.3) is 18.2 Å². The molecule has 2 aromatic carbocycles. The topological polar surface area (TPSA) is 62.3 Å². The van der Waals surface area contributed by atoms with E-state index in [2.05, 4.69) is 4.98 Å². The Morgan fingerprint density at radius 1 is 0.909 bits per heavy atom. The number of nitrogens with one attached hydrogen (secondary N) is 1. The van der Waals surface area contributed by atoms with Gasteiger partial charge < -0.3 is 10.2 Å². The van der Waals surface area contributed by atoms with Gasteiger partial charge in [0.05, 0.1) is 28.1 Å². The summed E-state index contributed by atoms with van der Waals surface area (Å²) in [4.78, 5) is 29.5. The van der Waals surface area contributed by atoms with Crippen molar-refractivity contribution in [3.63, 3.8) is 0 Å². The minimum atomic E-state index is -6.74. The van der Waals surface area contributed by atoms with E-state index in [0.29, 0.717) is 4.90 Å². The first-order chi connectivity index (χ1) is 20.0. The molecule has 1 heterocycles. The van der Waals surface area contributed by atoms with Crippen molar-refractivity contribution in [3.05, 3.63) is 86.0 Å². The largest absolute Gasteiger partial charge is 0.435 e. The highest BCUT2D eigenvalue weighted by Gasteiger charge is 2.73. The zero-order chi connectivity index (χ0) is 33.6. The smallest absolute Gasteiger partial charge is 0.320 e. The molecule has 3 aromatic rings. The van der Waals surface area contributed by atoms with Gasteiger partial charge in [0.1, 0.15) is 5.69 Å². The van der Waals surface area contributed by atoms with Crippen LogP contribution in [0.2, 0.25) is 0 Å². The lowest BCUT2D eigenvalue weighted by molar-refractivity contribution is -0.348. The van der Waals surface area contributed by atoms with E-state index in [1.165, 1.54) is 0 Å². The fourth-order valence-corrected chi connectivity index (χ4v) is 4.50. The van der Waals surface area contributed by atoms with Crippen molar-refractivity contribution in [2.45, 2.75) is 30.6 Å². The zero-order valence-corrected chi connectivity index (χ0v) is 23.4. The molecule has 0 saturated heterocycles. The maximum absolute atomic E-state index is 15.3. The van der Waals surface area contributed by atoms with Gasteiger partial charge in [-0.3, -0.25) is 14.6 Å². The molecule has 0 unspecified atom stereocenters. The Hall–Kier alpha value is -3.65. The van der Waals surface area contributed by atoms with Crippen molar-refractivity contribution >= 4 is 45.8 Å². The van der Waals surface area contributed by atoms with Gasteiger partial charge in [0.15, 0.2) is 5.82 Å². The Kier molecular flexibility index (Phi) is 9.53. The van der Waals surface area contributed by atoms with Crippen molar-refractivity contribution in [1.29, 1.82) is 0 Å². The molecule has 3 rings (SSSR count). The number of hydrogen-bond acceptors (Lipinski definition) is 3. The summed E-state index contributed by atoms with van der Waals surface area (Å²) < 4.78 is 175. The number of carbonyl (C=O) groups excluding carboxylic acids is 2. The Morgan fingerprint density at radius 2 is 1.50 bits per heavy atom. The van der Waals surface area contributed by atoms with Crippen LogP contribution in [0.3, 0.4) is 0 Å². The van der Waals surface area contributed by atoms with Gasteiger partial charge in [-0.25, -0.2) is 17.6 Å². The second-order valence-electron chi connectivity index (χ2n) is 8.76. The van der Waals surface area contributed by atoms with E-state index in [1.54, 1.807) is 5.32 Å². The molecule has 0 aliphatic rings. The van der Waals surface area contributed by atoms with E-state index >= 15 is 4.39 Å². The minimum absolute atomic E-state index is 0.209. The van der Waals surface area contributed by atoms with Crippen molar-refractivity contribution in [2.24, 2.45) is 0 Å². The summed E-state index contributed by atoms with van der Waals surface area (Å²) in [7, 11) is 0.984. The van der Waals surface area contributed by atoms with Gasteiger partial charge in [-0.15, -0.1) is 0 Å². The average molecular weight is 761 g/mol. The third-order valence-corrected chi connectivity index (χ3v) is 6.81. The average Bonchev–Trinajstić information content (AvgIpc) is 2.90. The SMILES string of the molecule is CN(C(=O)c1ccc(C(F)F)nc1)c1cccc(C(=O)Nc2c(I)cc(C(F)(C(F)(F)F)C(F)(F)F)cc2C(F)(F)F)c1F. The van der Waals surface area contributed by atoms with Crippen molar-refractivity contribution in [3.8, 4) is 0 Å². The maximum Gasteiger partial charge on any atom is 0.435 e. The van der Waals surface area contributed by atoms with Crippen LogP contribution in [0.1, 0.15) is 44.0 Å². The van der Waals surface area contributed by atoms with E-state index in [9.17, 15) is 62.3 Å². The standard InChI is InChI=1S/C25H13F13IN3O2/c1-42(21(44)10-5-6-15(19(27)28)40-9-10)16-4-2-3-12(17(16)26)20(43)41-18-13(23(30,31)32)7-11(8-14(18)39)22(29,24(33,34)35)25(36,37)38/h2-9,19H,1H3,(H,41,43). The number of alkyl halides is 12. The number of nitrogens with zero attached hydrogens (tertiary/aromatic N) is 2. The Labute approximate surface area is 251 Å². The molecule has 0 saturated carbocycles. The number of anilines is 2. The van der Waals surface area contributed by atoms with Gasteiger partial charge in [-0.2, -0.15) is 39.5 Å². The minimum Gasteiger partial charge on any atom is -0.320 e. The molecule has 0 fully saturated rings. The normalized spacial score (nSPS) is 12.8. The first kappa shape index (κ1) is 34.8. The Morgan fingerprint density at radius 3 is 1.98 bits per heavy atom. The second-order valence-corrected chi connectivity index (χ2v) is 9.92. The summed E-state index contributed by atoms with van der Waals surface area (Å²) in [5.41, 5.74) is -15.1. The number of carbonyl (C=O) groups is 2. The first-order valence-electron chi connectivity index (χ1n) is 11.4. The molecular weight excluding hydrogens is 748 g/mol. The van der Waals surface area contributed by atoms with Gasteiger partial charge in [0.2, 0.25) is 0 Å². The molecule has 44 heavy (non-hydrogen) atoms. The van der Waals surface area contributed by atoms with Crippen molar-refractivity contribution < 1.29 is 66.7 Å². The third kappa shape index (κ3) is 6.55. The van der Waals surface area contributed by atoms with Crippen LogP contribution in [-0.4, -0.2) is 36.2 Å². The summed E-state index contributed by atoms with van der Waals surface area (Å²) in [6.07, 6.45) is -21.4. The van der Waals surface area contributed by atoms with Crippen LogP contribution >= 0.6 is 22.6 Å². The van der Waals surface area contributed by atoms with E-state index < -0.39 is 91.7 Å². The van der Waals surface area contributed by atoms with Crippen LogP contribution in [0.25, 0.3) is 0 Å². The second kappa shape index (κ2) is 12.0. The lowest BCUT2D eigenvalue weighted by Gasteiger charge is -2.31. The number of benzene rings is 2. The van der Waals surface area contributed by atoms with Crippen LogP contribution in [0.5, 0.6) is 0 Å². The number of pyridine rings is 1. The maximum atomic E-state index is 15.3. The first-order valence-corrected chi connectivity index (χ1v) is 12.5. The fourth-order valence-electron chi connectivity index (χ4n) is 3.74. The predicted octanol–water partition coefficient (Wildman–Crippen LogP) is 8.60. The number of amides is 2. The fraction of sp³-hybridized carbons (Fsp3) is 0.240. The van der Waals surface area contributed by atoms with Crippen LogP contribution in [0.4, 0.5) is 68.5 Å². The number of aromatic nitrogens is 1. The van der Waals surface area contributed by atoms with E-state index in [4.69, 9.17) is 0 Å². The molecular formula is C25H13F13IN3O2. The van der Waals surface area contributed by atoms with E-state index in [-0.39, 0.29) is 11.6 Å². The van der Waals surface area contributed by atoms with Gasteiger partial charge in [0, 0.05) is 22.4 Å². The number of hydrogen-bond donors (Lipinski definition) is 1. The summed E-state index contributed by atoms with van der Waals surface area (Å²) in [5.74, 6) is -4.24. The quantitative estimate of drug-likeness (QED) is 0.202. The lowest BCUT2D eigenvalue weighted by Crippen LogP contribution is -2.50. The molecule has 0 aliphatic carbocycles. The predicted molar refractivity (Wildman–Crippen MR) is 135 cm³/mol. The summed E-state index contributed by atoms with van der Waals surface area (Å²) >= 11 is 0.832. The summed E-state index contributed by atoms with van der Waals surface area (Å²) in [6.45, 7) is 0. The van der Waals surface area contributed by atoms with Gasteiger partial charge >= 0.3 is 24.2 Å². The molecule has 0 radical (unpaired) electrons. The summed E-state index contributed by atoms with van der Waals surface area (Å²) in [6, 6.07) is 3.41. The van der Waals surface area contributed by atoms with Crippen LogP contribution in [-0.2, 0) is 11.8 Å². The lowest BCUT2D eigenvalue weighted by atomic mass is 9.92. The van der Waals surface area contributed by atoms with Gasteiger partial charge in [-0.05, 0) is 59.0 Å². The molecule has 2 amide bonds. The monoisotopic (exact) mass is 761 g/mol. The highest BCUT2D eigenvalue weighted by molar-refractivity contribution is 14.1. The van der Waals surface area contributed by atoms with Crippen molar-refractivity contribution in [1.82, 2.24) is 4.98 Å².